The first-order valence-corrected chi connectivity index (χ1v) is 7.16. The average molecular weight is 287 g/mol. The maximum atomic E-state index is 6.19. The monoisotopic (exact) mass is 286 g/mol. The van der Waals surface area contributed by atoms with Gasteiger partial charge in [0.05, 0.1) is 6.20 Å². The van der Waals surface area contributed by atoms with E-state index in [0.717, 1.165) is 25.3 Å². The molecule has 2 saturated heterocycles. The first-order valence-electron chi connectivity index (χ1n) is 6.41. The second kappa shape index (κ2) is 5.19. The molecular formula is C12H16Cl2N4. The van der Waals surface area contributed by atoms with Crippen molar-refractivity contribution in [1.29, 1.82) is 0 Å². The summed E-state index contributed by atoms with van der Waals surface area (Å²) in [5.74, 6) is 0.783. The number of halogens is 2. The van der Waals surface area contributed by atoms with Crippen LogP contribution in [0.5, 0.6) is 0 Å². The highest BCUT2D eigenvalue weighted by atomic mass is 35.5. The lowest BCUT2D eigenvalue weighted by Gasteiger charge is -2.26. The topological polar surface area (TPSA) is 32.3 Å². The predicted molar refractivity (Wildman–Crippen MR) is 73.5 cm³/mol. The fourth-order valence-corrected chi connectivity index (χ4v) is 3.30. The molecule has 0 spiro atoms. The molecule has 6 heteroatoms. The van der Waals surface area contributed by atoms with E-state index >= 15 is 0 Å². The van der Waals surface area contributed by atoms with E-state index in [9.17, 15) is 0 Å². The lowest BCUT2D eigenvalue weighted by atomic mass is 10.2. The summed E-state index contributed by atoms with van der Waals surface area (Å²) in [5.41, 5.74) is 0. The number of rotatable bonds is 1. The van der Waals surface area contributed by atoms with Crippen LogP contribution >= 0.6 is 23.2 Å². The lowest BCUT2D eigenvalue weighted by molar-refractivity contribution is 0.273. The van der Waals surface area contributed by atoms with E-state index in [-0.39, 0.29) is 5.28 Å². The molecule has 18 heavy (non-hydrogen) atoms. The normalized spacial score (nSPS) is 25.0. The van der Waals surface area contributed by atoms with Crippen LogP contribution < -0.4 is 4.90 Å². The van der Waals surface area contributed by atoms with E-state index in [0.29, 0.717) is 11.1 Å². The van der Waals surface area contributed by atoms with Crippen LogP contribution in [-0.4, -0.2) is 47.1 Å². The van der Waals surface area contributed by atoms with Crippen molar-refractivity contribution in [2.75, 3.05) is 31.1 Å². The fraction of sp³-hybridized carbons (Fsp3) is 0.667. The van der Waals surface area contributed by atoms with Crippen LogP contribution in [-0.2, 0) is 0 Å². The fourth-order valence-electron chi connectivity index (χ4n) is 2.96. The third kappa shape index (κ3) is 2.42. The Morgan fingerprint density at radius 3 is 2.89 bits per heavy atom. The molecule has 0 saturated carbocycles. The van der Waals surface area contributed by atoms with Gasteiger partial charge in [-0.1, -0.05) is 11.6 Å². The number of fused-ring (bicyclic) bond motifs is 1. The minimum atomic E-state index is 0.266. The van der Waals surface area contributed by atoms with E-state index in [1.807, 2.05) is 0 Å². The lowest BCUT2D eigenvalue weighted by Crippen LogP contribution is -2.37. The number of aromatic nitrogens is 2. The number of nitrogens with zero attached hydrogens (tertiary/aromatic N) is 4. The van der Waals surface area contributed by atoms with Crippen LogP contribution in [0, 0.1) is 0 Å². The summed E-state index contributed by atoms with van der Waals surface area (Å²) in [7, 11) is 0. The molecule has 2 fully saturated rings. The van der Waals surface area contributed by atoms with Gasteiger partial charge < -0.3 is 4.90 Å². The van der Waals surface area contributed by atoms with Gasteiger partial charge in [0.15, 0.2) is 5.82 Å². The van der Waals surface area contributed by atoms with Crippen molar-refractivity contribution in [3.63, 3.8) is 0 Å². The van der Waals surface area contributed by atoms with Crippen LogP contribution in [0.1, 0.15) is 19.3 Å². The zero-order valence-corrected chi connectivity index (χ0v) is 11.7. The Morgan fingerprint density at radius 2 is 2.00 bits per heavy atom. The molecule has 1 atom stereocenters. The molecular weight excluding hydrogens is 271 g/mol. The quantitative estimate of drug-likeness (QED) is 0.743. The summed E-state index contributed by atoms with van der Waals surface area (Å²) in [6.07, 6.45) is 5.31. The first-order chi connectivity index (χ1) is 8.74. The summed E-state index contributed by atoms with van der Waals surface area (Å²) in [6.45, 7) is 4.39. The van der Waals surface area contributed by atoms with Gasteiger partial charge in [0.1, 0.15) is 5.02 Å². The van der Waals surface area contributed by atoms with Crippen molar-refractivity contribution >= 4 is 29.0 Å². The van der Waals surface area contributed by atoms with Crippen LogP contribution in [0.2, 0.25) is 10.3 Å². The molecule has 1 aromatic rings. The smallest absolute Gasteiger partial charge is 0.224 e. The van der Waals surface area contributed by atoms with Gasteiger partial charge in [0.25, 0.3) is 0 Å². The Hall–Kier alpha value is -0.580. The number of anilines is 1. The van der Waals surface area contributed by atoms with Crippen LogP contribution in [0.25, 0.3) is 0 Å². The highest BCUT2D eigenvalue weighted by Crippen LogP contribution is 2.28. The van der Waals surface area contributed by atoms with Gasteiger partial charge in [0.2, 0.25) is 5.28 Å². The molecule has 0 aromatic carbocycles. The molecule has 2 aliphatic heterocycles. The minimum Gasteiger partial charge on any atom is -0.354 e. The second-order valence-corrected chi connectivity index (χ2v) is 5.69. The molecule has 1 aromatic heterocycles. The molecule has 0 N–H and O–H groups in total. The van der Waals surface area contributed by atoms with E-state index in [4.69, 9.17) is 23.2 Å². The van der Waals surface area contributed by atoms with Gasteiger partial charge in [-0.15, -0.1) is 0 Å². The molecule has 0 aliphatic carbocycles. The Kier molecular flexibility index (Phi) is 3.59. The van der Waals surface area contributed by atoms with E-state index in [2.05, 4.69) is 19.8 Å². The highest BCUT2D eigenvalue weighted by Gasteiger charge is 2.29. The number of hydrogen-bond donors (Lipinski definition) is 0. The third-order valence-corrected chi connectivity index (χ3v) is 4.25. The van der Waals surface area contributed by atoms with Crippen molar-refractivity contribution in [2.24, 2.45) is 0 Å². The zero-order chi connectivity index (χ0) is 12.5. The maximum absolute atomic E-state index is 6.19. The zero-order valence-electron chi connectivity index (χ0n) is 10.1. The summed E-state index contributed by atoms with van der Waals surface area (Å²) in [5, 5.41) is 0.854. The molecule has 3 rings (SSSR count). The maximum Gasteiger partial charge on any atom is 0.224 e. The molecule has 4 nitrogen and oxygen atoms in total. The molecule has 1 unspecified atom stereocenters. The number of hydrogen-bond acceptors (Lipinski definition) is 4. The van der Waals surface area contributed by atoms with Gasteiger partial charge in [0, 0.05) is 25.7 Å². The SMILES string of the molecule is Clc1ncc(Cl)c(N2CCCN3CCCC3C2)n1. The van der Waals surface area contributed by atoms with E-state index < -0.39 is 0 Å². The Labute approximate surface area is 117 Å². The highest BCUT2D eigenvalue weighted by molar-refractivity contribution is 6.33. The van der Waals surface area contributed by atoms with Crippen molar-refractivity contribution in [2.45, 2.75) is 25.3 Å². The molecule has 98 valence electrons. The van der Waals surface area contributed by atoms with Crippen molar-refractivity contribution in [3.05, 3.63) is 16.5 Å². The van der Waals surface area contributed by atoms with Gasteiger partial charge in [-0.2, -0.15) is 4.98 Å². The van der Waals surface area contributed by atoms with Crippen molar-refractivity contribution < 1.29 is 0 Å². The average Bonchev–Trinajstić information content (AvgIpc) is 2.70. The molecule has 3 heterocycles. The van der Waals surface area contributed by atoms with Gasteiger partial charge in [-0.05, 0) is 37.4 Å². The molecule has 2 aliphatic rings. The molecule has 0 bridgehead atoms. The second-order valence-electron chi connectivity index (χ2n) is 4.94. The van der Waals surface area contributed by atoms with E-state index in [1.54, 1.807) is 6.20 Å². The summed E-state index contributed by atoms with van der Waals surface area (Å²) in [4.78, 5) is 13.0. The first kappa shape index (κ1) is 12.5. The predicted octanol–water partition coefficient (Wildman–Crippen LogP) is 2.46. The Morgan fingerprint density at radius 1 is 1.17 bits per heavy atom. The van der Waals surface area contributed by atoms with Gasteiger partial charge in [-0.3, -0.25) is 4.90 Å². The summed E-state index contributed by atoms with van der Waals surface area (Å²) < 4.78 is 0. The van der Waals surface area contributed by atoms with Crippen molar-refractivity contribution in [1.82, 2.24) is 14.9 Å². The summed E-state index contributed by atoms with van der Waals surface area (Å²) >= 11 is 12.1. The van der Waals surface area contributed by atoms with Crippen molar-refractivity contribution in [3.8, 4) is 0 Å². The largest absolute Gasteiger partial charge is 0.354 e. The van der Waals surface area contributed by atoms with Crippen LogP contribution in [0.3, 0.4) is 0 Å². The van der Waals surface area contributed by atoms with Crippen LogP contribution in [0.4, 0.5) is 5.82 Å². The van der Waals surface area contributed by atoms with Gasteiger partial charge in [-0.25, -0.2) is 4.98 Å². The molecule has 0 amide bonds. The van der Waals surface area contributed by atoms with Gasteiger partial charge >= 0.3 is 0 Å². The standard InChI is InChI=1S/C12H16Cl2N4/c13-10-7-15-12(14)16-11(10)18-6-2-5-17-4-1-3-9(17)8-18/h7,9H,1-6,8H2. The Bertz CT molecular complexity index is 440. The third-order valence-electron chi connectivity index (χ3n) is 3.80. The van der Waals surface area contributed by atoms with Crippen LogP contribution in [0.15, 0.2) is 6.20 Å². The Balaban J connectivity index is 1.84. The van der Waals surface area contributed by atoms with E-state index in [1.165, 1.54) is 25.9 Å². The summed E-state index contributed by atoms with van der Waals surface area (Å²) in [6, 6.07) is 0.636. The minimum absolute atomic E-state index is 0.266. The molecule has 0 radical (unpaired) electrons.